The molecule has 5 nitrogen and oxygen atoms in total. The third-order valence-electron chi connectivity index (χ3n) is 3.94. The summed E-state index contributed by atoms with van der Waals surface area (Å²) in [6.45, 7) is 7.02. The Morgan fingerprint density at radius 2 is 1.78 bits per heavy atom. The number of aliphatic hydroxyl groups excluding tert-OH is 1. The van der Waals surface area contributed by atoms with Crippen LogP contribution in [0.4, 0.5) is 0 Å². The lowest BCUT2D eigenvalue weighted by atomic mass is 9.92. The van der Waals surface area contributed by atoms with E-state index in [4.69, 9.17) is 5.11 Å². The molecule has 1 saturated carbocycles. The lowest BCUT2D eigenvalue weighted by Gasteiger charge is -2.31. The predicted octanol–water partition coefficient (Wildman–Crippen LogP) is 1.01. The summed E-state index contributed by atoms with van der Waals surface area (Å²) in [4.78, 5) is 23.3. The van der Waals surface area contributed by atoms with Crippen LogP contribution in [0.2, 0.25) is 0 Å². The zero-order chi connectivity index (χ0) is 14.1. The SMILES string of the molecule is CC1C[C@H](C(=O)NC(C)(C)C(C)O)[C@H](C(=O)O)C1. The van der Waals surface area contributed by atoms with Crippen molar-refractivity contribution in [1.82, 2.24) is 5.32 Å². The molecule has 0 aromatic rings. The van der Waals surface area contributed by atoms with E-state index in [-0.39, 0.29) is 11.8 Å². The van der Waals surface area contributed by atoms with Gasteiger partial charge in [0.05, 0.1) is 23.5 Å². The van der Waals surface area contributed by atoms with Crippen LogP contribution in [0.1, 0.15) is 40.5 Å². The molecule has 3 N–H and O–H groups in total. The molecule has 0 bridgehead atoms. The van der Waals surface area contributed by atoms with Crippen LogP contribution in [-0.2, 0) is 9.59 Å². The monoisotopic (exact) mass is 257 g/mol. The van der Waals surface area contributed by atoms with Crippen molar-refractivity contribution >= 4 is 11.9 Å². The zero-order valence-electron chi connectivity index (χ0n) is 11.4. The van der Waals surface area contributed by atoms with Crippen LogP contribution < -0.4 is 5.32 Å². The molecule has 2 unspecified atom stereocenters. The van der Waals surface area contributed by atoms with E-state index in [1.807, 2.05) is 6.92 Å². The summed E-state index contributed by atoms with van der Waals surface area (Å²) < 4.78 is 0. The van der Waals surface area contributed by atoms with Crippen molar-refractivity contribution in [1.29, 1.82) is 0 Å². The second-order valence-corrected chi connectivity index (χ2v) is 6.01. The highest BCUT2D eigenvalue weighted by Crippen LogP contribution is 2.36. The average molecular weight is 257 g/mol. The number of aliphatic hydroxyl groups is 1. The lowest BCUT2D eigenvalue weighted by molar-refractivity contribution is -0.146. The Hall–Kier alpha value is -1.10. The lowest BCUT2D eigenvalue weighted by Crippen LogP contribution is -2.53. The number of carboxylic acid groups (broad SMARTS) is 1. The number of carboxylic acids is 1. The van der Waals surface area contributed by atoms with Gasteiger partial charge >= 0.3 is 5.97 Å². The fraction of sp³-hybridized carbons (Fsp3) is 0.846. The van der Waals surface area contributed by atoms with Gasteiger partial charge in [-0.1, -0.05) is 6.92 Å². The van der Waals surface area contributed by atoms with E-state index < -0.39 is 29.4 Å². The van der Waals surface area contributed by atoms with E-state index in [1.165, 1.54) is 0 Å². The molecule has 1 aliphatic carbocycles. The standard InChI is InChI=1S/C13H23NO4/c1-7-5-9(10(6-7)12(17)18)11(16)14-13(3,4)8(2)15/h7-10,15H,5-6H2,1-4H3,(H,14,16)(H,17,18)/t7?,8?,9-,10+/m0/s1. The molecule has 104 valence electrons. The van der Waals surface area contributed by atoms with E-state index in [0.29, 0.717) is 12.8 Å². The quantitative estimate of drug-likeness (QED) is 0.701. The van der Waals surface area contributed by atoms with Crippen LogP contribution in [0.25, 0.3) is 0 Å². The number of rotatable bonds is 4. The van der Waals surface area contributed by atoms with E-state index >= 15 is 0 Å². The molecule has 0 heterocycles. The van der Waals surface area contributed by atoms with Crippen LogP contribution in [0.15, 0.2) is 0 Å². The molecular formula is C13H23NO4. The maximum atomic E-state index is 12.1. The Bertz CT molecular complexity index is 338. The van der Waals surface area contributed by atoms with Crippen LogP contribution in [0, 0.1) is 17.8 Å². The van der Waals surface area contributed by atoms with Crippen molar-refractivity contribution in [2.45, 2.75) is 52.2 Å². The van der Waals surface area contributed by atoms with Crippen LogP contribution in [0.3, 0.4) is 0 Å². The molecule has 4 atom stereocenters. The van der Waals surface area contributed by atoms with Gasteiger partial charge in [-0.3, -0.25) is 9.59 Å². The molecule has 0 spiro atoms. The first-order valence-corrected chi connectivity index (χ1v) is 6.38. The number of hydrogen-bond acceptors (Lipinski definition) is 3. The van der Waals surface area contributed by atoms with Gasteiger partial charge in [0.15, 0.2) is 0 Å². The summed E-state index contributed by atoms with van der Waals surface area (Å²) >= 11 is 0. The Morgan fingerprint density at radius 3 is 2.22 bits per heavy atom. The molecule has 0 aromatic carbocycles. The summed E-state index contributed by atoms with van der Waals surface area (Å²) in [5.74, 6) is -2.02. The molecule has 0 radical (unpaired) electrons. The first kappa shape index (κ1) is 15.0. The van der Waals surface area contributed by atoms with Crippen molar-refractivity contribution in [3.05, 3.63) is 0 Å². The second-order valence-electron chi connectivity index (χ2n) is 6.01. The molecule has 0 aliphatic heterocycles. The smallest absolute Gasteiger partial charge is 0.307 e. The van der Waals surface area contributed by atoms with Gasteiger partial charge in [-0.05, 0) is 39.5 Å². The summed E-state index contributed by atoms with van der Waals surface area (Å²) in [6.07, 6.45) is 0.449. The van der Waals surface area contributed by atoms with Crippen LogP contribution in [0.5, 0.6) is 0 Å². The van der Waals surface area contributed by atoms with Crippen molar-refractivity contribution in [2.75, 3.05) is 0 Å². The molecule has 1 aliphatic rings. The minimum absolute atomic E-state index is 0.247. The molecule has 1 amide bonds. The number of hydrogen-bond donors (Lipinski definition) is 3. The molecule has 1 fully saturated rings. The zero-order valence-corrected chi connectivity index (χ0v) is 11.4. The van der Waals surface area contributed by atoms with Crippen molar-refractivity contribution < 1.29 is 19.8 Å². The van der Waals surface area contributed by atoms with Gasteiger partial charge in [0, 0.05) is 0 Å². The first-order chi connectivity index (χ1) is 8.15. The van der Waals surface area contributed by atoms with E-state index in [1.54, 1.807) is 20.8 Å². The van der Waals surface area contributed by atoms with Gasteiger partial charge in [0.1, 0.15) is 0 Å². The Balaban J connectivity index is 2.75. The minimum Gasteiger partial charge on any atom is -0.481 e. The summed E-state index contributed by atoms with van der Waals surface area (Å²) in [7, 11) is 0. The fourth-order valence-electron chi connectivity index (χ4n) is 2.37. The third-order valence-corrected chi connectivity index (χ3v) is 3.94. The van der Waals surface area contributed by atoms with Gasteiger partial charge in [-0.2, -0.15) is 0 Å². The molecular weight excluding hydrogens is 234 g/mol. The van der Waals surface area contributed by atoms with Gasteiger partial charge in [0.2, 0.25) is 5.91 Å². The highest BCUT2D eigenvalue weighted by Gasteiger charge is 2.42. The third kappa shape index (κ3) is 3.22. The number of carbonyl (C=O) groups is 2. The summed E-state index contributed by atoms with van der Waals surface area (Å²) in [5, 5.41) is 21.4. The van der Waals surface area contributed by atoms with Crippen LogP contribution in [-0.4, -0.2) is 33.7 Å². The summed E-state index contributed by atoms with van der Waals surface area (Å²) in [5.41, 5.74) is -0.744. The maximum Gasteiger partial charge on any atom is 0.307 e. The largest absolute Gasteiger partial charge is 0.481 e. The number of carbonyl (C=O) groups excluding carboxylic acids is 1. The topological polar surface area (TPSA) is 86.6 Å². The van der Waals surface area contributed by atoms with Crippen LogP contribution >= 0.6 is 0 Å². The Morgan fingerprint density at radius 1 is 1.28 bits per heavy atom. The summed E-state index contributed by atoms with van der Waals surface area (Å²) in [6, 6.07) is 0. The first-order valence-electron chi connectivity index (χ1n) is 6.38. The van der Waals surface area contributed by atoms with Crippen molar-refractivity contribution in [3.63, 3.8) is 0 Å². The normalized spacial score (nSPS) is 29.9. The maximum absolute atomic E-state index is 12.1. The molecule has 1 rings (SSSR count). The van der Waals surface area contributed by atoms with E-state index in [0.717, 1.165) is 0 Å². The van der Waals surface area contributed by atoms with Gasteiger partial charge < -0.3 is 15.5 Å². The molecule has 5 heteroatoms. The fourth-order valence-corrected chi connectivity index (χ4v) is 2.37. The molecule has 0 saturated heterocycles. The molecule has 18 heavy (non-hydrogen) atoms. The highest BCUT2D eigenvalue weighted by molar-refractivity contribution is 5.85. The highest BCUT2D eigenvalue weighted by atomic mass is 16.4. The minimum atomic E-state index is -0.908. The van der Waals surface area contributed by atoms with E-state index in [2.05, 4.69) is 5.32 Å². The van der Waals surface area contributed by atoms with Gasteiger partial charge in [-0.25, -0.2) is 0 Å². The number of amides is 1. The Labute approximate surface area is 108 Å². The van der Waals surface area contributed by atoms with E-state index in [9.17, 15) is 14.7 Å². The second kappa shape index (κ2) is 5.26. The number of aliphatic carboxylic acids is 1. The van der Waals surface area contributed by atoms with Crippen molar-refractivity contribution in [2.24, 2.45) is 17.8 Å². The van der Waals surface area contributed by atoms with Crippen molar-refractivity contribution in [3.8, 4) is 0 Å². The average Bonchev–Trinajstić information content (AvgIpc) is 2.59. The number of nitrogens with one attached hydrogen (secondary N) is 1. The molecule has 0 aromatic heterocycles. The van der Waals surface area contributed by atoms with Gasteiger partial charge in [-0.15, -0.1) is 0 Å². The predicted molar refractivity (Wildman–Crippen MR) is 66.9 cm³/mol. The Kier molecular flexibility index (Phi) is 4.37. The van der Waals surface area contributed by atoms with Gasteiger partial charge in [0.25, 0.3) is 0 Å².